The molecular formula is C23H24N2O5. The minimum Gasteiger partial charge on any atom is -0.493 e. The third-order valence-corrected chi connectivity index (χ3v) is 5.07. The van der Waals surface area contributed by atoms with Crippen LogP contribution in [-0.2, 0) is 4.79 Å². The van der Waals surface area contributed by atoms with E-state index in [-0.39, 0.29) is 12.7 Å². The number of methoxy groups -OCH3 is 1. The molecule has 2 aromatic carbocycles. The smallest absolute Gasteiger partial charge is 0.231 e. The van der Waals surface area contributed by atoms with E-state index in [0.29, 0.717) is 36.8 Å². The monoisotopic (exact) mass is 408 g/mol. The van der Waals surface area contributed by atoms with Crippen LogP contribution in [0.2, 0.25) is 0 Å². The lowest BCUT2D eigenvalue weighted by Crippen LogP contribution is -2.24. The normalized spacial score (nSPS) is 13.3. The SMILES string of the molecule is CNC[C@@H](CC=O)COc1cc(-c2cc(OC)c3c(c2)OCO3)cc2ncccc12. The quantitative estimate of drug-likeness (QED) is 0.543. The number of fused-ring (bicyclic) bond motifs is 2. The lowest BCUT2D eigenvalue weighted by molar-refractivity contribution is -0.108. The van der Waals surface area contributed by atoms with Gasteiger partial charge in [-0.25, -0.2) is 0 Å². The first kappa shape index (κ1) is 20.0. The molecule has 0 spiro atoms. The fourth-order valence-corrected chi connectivity index (χ4v) is 3.57. The van der Waals surface area contributed by atoms with Crippen molar-refractivity contribution in [3.8, 4) is 34.1 Å². The van der Waals surface area contributed by atoms with E-state index in [1.807, 2.05) is 43.4 Å². The Labute approximate surface area is 174 Å². The van der Waals surface area contributed by atoms with E-state index in [1.54, 1.807) is 13.3 Å². The average molecular weight is 408 g/mol. The number of rotatable bonds is 9. The summed E-state index contributed by atoms with van der Waals surface area (Å²) in [5, 5.41) is 4.03. The zero-order valence-electron chi connectivity index (χ0n) is 17.0. The van der Waals surface area contributed by atoms with Crippen molar-refractivity contribution >= 4 is 17.2 Å². The zero-order valence-corrected chi connectivity index (χ0v) is 17.0. The van der Waals surface area contributed by atoms with Crippen molar-refractivity contribution < 1.29 is 23.7 Å². The highest BCUT2D eigenvalue weighted by Crippen LogP contribution is 2.45. The van der Waals surface area contributed by atoms with Crippen molar-refractivity contribution in [1.29, 1.82) is 0 Å². The number of ether oxygens (including phenoxy) is 4. The predicted molar refractivity (Wildman–Crippen MR) is 113 cm³/mol. The second-order valence-electron chi connectivity index (χ2n) is 7.09. The summed E-state index contributed by atoms with van der Waals surface area (Å²) in [7, 11) is 3.47. The summed E-state index contributed by atoms with van der Waals surface area (Å²) in [4.78, 5) is 15.5. The van der Waals surface area contributed by atoms with Crippen LogP contribution in [0.5, 0.6) is 23.0 Å². The Morgan fingerprint density at radius 2 is 2.03 bits per heavy atom. The predicted octanol–water partition coefficient (Wildman–Crippen LogP) is 3.44. The van der Waals surface area contributed by atoms with Crippen LogP contribution < -0.4 is 24.3 Å². The second kappa shape index (κ2) is 9.00. The molecule has 0 unspecified atom stereocenters. The van der Waals surface area contributed by atoms with E-state index in [4.69, 9.17) is 18.9 Å². The van der Waals surface area contributed by atoms with Crippen LogP contribution in [0.1, 0.15) is 6.42 Å². The number of carbonyl (C=O) groups is 1. The lowest BCUT2D eigenvalue weighted by atomic mass is 10.0. The molecule has 0 saturated heterocycles. The van der Waals surface area contributed by atoms with E-state index in [1.165, 1.54) is 0 Å². The Kier molecular flexibility index (Phi) is 5.99. The first-order valence-corrected chi connectivity index (χ1v) is 9.81. The van der Waals surface area contributed by atoms with Gasteiger partial charge < -0.3 is 29.1 Å². The summed E-state index contributed by atoms with van der Waals surface area (Å²) in [6, 6.07) is 11.7. The van der Waals surface area contributed by atoms with Gasteiger partial charge in [0.05, 0.1) is 19.2 Å². The largest absolute Gasteiger partial charge is 0.493 e. The molecule has 0 bridgehead atoms. The second-order valence-corrected chi connectivity index (χ2v) is 7.09. The number of pyridine rings is 1. The minimum absolute atomic E-state index is 0.0912. The fraction of sp³-hybridized carbons (Fsp3) is 0.304. The van der Waals surface area contributed by atoms with E-state index < -0.39 is 0 Å². The van der Waals surface area contributed by atoms with E-state index in [0.717, 1.165) is 34.1 Å². The molecule has 0 fully saturated rings. The number of aromatic nitrogens is 1. The van der Waals surface area contributed by atoms with E-state index >= 15 is 0 Å². The maximum absolute atomic E-state index is 11.0. The molecule has 7 nitrogen and oxygen atoms in total. The van der Waals surface area contributed by atoms with Crippen LogP contribution >= 0.6 is 0 Å². The first-order valence-electron chi connectivity index (χ1n) is 9.81. The van der Waals surface area contributed by atoms with Crippen molar-refractivity contribution in [2.24, 2.45) is 5.92 Å². The number of nitrogens with one attached hydrogen (secondary N) is 1. The third kappa shape index (κ3) is 4.02. The molecule has 1 atom stereocenters. The van der Waals surface area contributed by atoms with Crippen LogP contribution in [-0.4, -0.2) is 45.4 Å². The maximum Gasteiger partial charge on any atom is 0.231 e. The highest BCUT2D eigenvalue weighted by Gasteiger charge is 2.21. The summed E-state index contributed by atoms with van der Waals surface area (Å²) in [6.07, 6.45) is 3.13. The Morgan fingerprint density at radius 3 is 2.83 bits per heavy atom. The number of benzene rings is 2. The molecule has 0 saturated carbocycles. The van der Waals surface area contributed by atoms with E-state index in [9.17, 15) is 4.79 Å². The van der Waals surface area contributed by atoms with E-state index in [2.05, 4.69) is 10.3 Å². The topological polar surface area (TPSA) is 78.9 Å². The Balaban J connectivity index is 1.73. The molecule has 30 heavy (non-hydrogen) atoms. The molecule has 2 heterocycles. The lowest BCUT2D eigenvalue weighted by Gasteiger charge is -2.17. The Hall–Kier alpha value is -3.32. The third-order valence-electron chi connectivity index (χ3n) is 5.07. The molecule has 1 N–H and O–H groups in total. The standard InChI is InChI=1S/C23H24N2O5/c1-24-12-15(5-7-26)13-28-20-9-16(8-19-18(20)4-3-6-25-19)17-10-21(27-2)23-22(11-17)29-14-30-23/h3-4,6-11,15,24H,5,12-14H2,1-2H3/t15-/m1/s1. The number of carbonyl (C=O) groups excluding carboxylic acids is 1. The molecular weight excluding hydrogens is 384 g/mol. The van der Waals surface area contributed by atoms with Gasteiger partial charge in [0.1, 0.15) is 12.0 Å². The van der Waals surface area contributed by atoms with Gasteiger partial charge in [-0.3, -0.25) is 4.98 Å². The Morgan fingerprint density at radius 1 is 1.20 bits per heavy atom. The molecule has 4 rings (SSSR count). The molecule has 3 aromatic rings. The van der Waals surface area contributed by atoms with Crippen LogP contribution in [0.25, 0.3) is 22.0 Å². The molecule has 1 aromatic heterocycles. The molecule has 1 aliphatic rings. The highest BCUT2D eigenvalue weighted by molar-refractivity contribution is 5.90. The summed E-state index contributed by atoms with van der Waals surface area (Å²) in [6.45, 7) is 1.30. The number of hydrogen-bond acceptors (Lipinski definition) is 7. The maximum atomic E-state index is 11.0. The van der Waals surface area contributed by atoms with Gasteiger partial charge >= 0.3 is 0 Å². The van der Waals surface area contributed by atoms with Crippen LogP contribution in [0.3, 0.4) is 0 Å². The molecule has 0 aliphatic carbocycles. The van der Waals surface area contributed by atoms with Crippen molar-refractivity contribution in [2.45, 2.75) is 6.42 Å². The van der Waals surface area contributed by atoms with Gasteiger partial charge in [-0.15, -0.1) is 0 Å². The molecule has 156 valence electrons. The summed E-state index contributed by atoms with van der Waals surface area (Å²) in [5.74, 6) is 2.69. The number of nitrogens with zero attached hydrogens (tertiary/aromatic N) is 1. The fourth-order valence-electron chi connectivity index (χ4n) is 3.57. The number of hydrogen-bond donors (Lipinski definition) is 1. The van der Waals surface area contributed by atoms with Crippen molar-refractivity contribution in [3.05, 3.63) is 42.6 Å². The summed E-state index contributed by atoms with van der Waals surface area (Å²) < 4.78 is 22.7. The number of aldehydes is 1. The van der Waals surface area contributed by atoms with Crippen molar-refractivity contribution in [2.75, 3.05) is 34.1 Å². The zero-order chi connectivity index (χ0) is 20.9. The van der Waals surface area contributed by atoms with Gasteiger partial charge in [-0.2, -0.15) is 0 Å². The highest BCUT2D eigenvalue weighted by atomic mass is 16.7. The summed E-state index contributed by atoms with van der Waals surface area (Å²) in [5.41, 5.74) is 2.66. The van der Waals surface area contributed by atoms with Gasteiger partial charge in [0.25, 0.3) is 0 Å². The van der Waals surface area contributed by atoms with Crippen LogP contribution in [0, 0.1) is 5.92 Å². The first-order chi connectivity index (χ1) is 14.7. The van der Waals surface area contributed by atoms with Crippen molar-refractivity contribution in [3.63, 3.8) is 0 Å². The molecule has 7 heteroatoms. The van der Waals surface area contributed by atoms with Crippen LogP contribution in [0.4, 0.5) is 0 Å². The minimum atomic E-state index is 0.0912. The summed E-state index contributed by atoms with van der Waals surface area (Å²) >= 11 is 0. The molecule has 0 radical (unpaired) electrons. The van der Waals surface area contributed by atoms with Gasteiger partial charge in [0, 0.05) is 30.5 Å². The average Bonchev–Trinajstić information content (AvgIpc) is 3.25. The van der Waals surface area contributed by atoms with Gasteiger partial charge in [0.15, 0.2) is 11.5 Å². The van der Waals surface area contributed by atoms with Gasteiger partial charge in [-0.05, 0) is 54.6 Å². The van der Waals surface area contributed by atoms with Crippen LogP contribution in [0.15, 0.2) is 42.6 Å². The van der Waals surface area contributed by atoms with Crippen molar-refractivity contribution in [1.82, 2.24) is 10.3 Å². The molecule has 0 amide bonds. The molecule has 1 aliphatic heterocycles. The van der Waals surface area contributed by atoms with Gasteiger partial charge in [-0.1, -0.05) is 0 Å². The Bertz CT molecular complexity index is 1050. The van der Waals surface area contributed by atoms with Gasteiger partial charge in [0.2, 0.25) is 12.5 Å².